The molecular weight excluding hydrogens is 286 g/mol. The molecular formula is C15H25N3O2S. The number of anilines is 1. The first-order valence-electron chi connectivity index (χ1n) is 7.39. The Hall–Kier alpha value is -1.11. The molecule has 0 saturated carbocycles. The molecule has 1 atom stereocenters. The van der Waals surface area contributed by atoms with E-state index < -0.39 is 10.0 Å². The van der Waals surface area contributed by atoms with Crippen molar-refractivity contribution in [2.24, 2.45) is 0 Å². The van der Waals surface area contributed by atoms with E-state index in [9.17, 15) is 8.42 Å². The number of benzene rings is 1. The summed E-state index contributed by atoms with van der Waals surface area (Å²) in [5.41, 5.74) is 7.83. The predicted molar refractivity (Wildman–Crippen MR) is 85.8 cm³/mol. The summed E-state index contributed by atoms with van der Waals surface area (Å²) in [5.74, 6) is 0. The van der Waals surface area contributed by atoms with Crippen LogP contribution in [0.4, 0.5) is 5.69 Å². The lowest BCUT2D eigenvalue weighted by Crippen LogP contribution is -2.53. The zero-order chi connectivity index (χ0) is 15.8. The number of likely N-dealkylation sites (N-methyl/N-ethyl adjacent to an activating group) is 1. The van der Waals surface area contributed by atoms with Crippen LogP contribution in [0.25, 0.3) is 0 Å². The Morgan fingerprint density at radius 2 is 1.95 bits per heavy atom. The van der Waals surface area contributed by atoms with Gasteiger partial charge in [0.1, 0.15) is 0 Å². The standard InChI is InChI=1S/C15H25N3O2S/c1-5-17-8-9-18(10-12(17)3)21(19,20)15-11(2)6-7-14(16)13(15)4/h6-7,12H,5,8-10,16H2,1-4H3. The first-order valence-corrected chi connectivity index (χ1v) is 8.83. The van der Waals surface area contributed by atoms with Crippen LogP contribution in [-0.4, -0.2) is 49.8 Å². The first-order chi connectivity index (χ1) is 9.78. The lowest BCUT2D eigenvalue weighted by atomic mass is 10.1. The summed E-state index contributed by atoms with van der Waals surface area (Å²) in [5, 5.41) is 0. The Balaban J connectivity index is 2.38. The highest BCUT2D eigenvalue weighted by Crippen LogP contribution is 2.28. The van der Waals surface area contributed by atoms with E-state index in [-0.39, 0.29) is 6.04 Å². The monoisotopic (exact) mass is 311 g/mol. The average molecular weight is 311 g/mol. The maximum atomic E-state index is 13.0. The number of rotatable bonds is 3. The van der Waals surface area contributed by atoms with Crippen molar-refractivity contribution in [3.05, 3.63) is 23.3 Å². The maximum absolute atomic E-state index is 13.0. The highest BCUT2D eigenvalue weighted by atomic mass is 32.2. The van der Waals surface area contributed by atoms with Gasteiger partial charge in [0.2, 0.25) is 10.0 Å². The van der Waals surface area contributed by atoms with E-state index in [2.05, 4.69) is 18.7 Å². The van der Waals surface area contributed by atoms with Gasteiger partial charge in [-0.2, -0.15) is 4.31 Å². The molecule has 0 bridgehead atoms. The highest BCUT2D eigenvalue weighted by Gasteiger charge is 2.33. The SMILES string of the molecule is CCN1CCN(S(=O)(=O)c2c(C)ccc(N)c2C)CC1C. The minimum atomic E-state index is -3.48. The molecule has 1 aromatic carbocycles. The molecule has 0 aliphatic carbocycles. The Morgan fingerprint density at radius 1 is 1.29 bits per heavy atom. The van der Waals surface area contributed by atoms with E-state index in [1.54, 1.807) is 23.4 Å². The van der Waals surface area contributed by atoms with Gasteiger partial charge >= 0.3 is 0 Å². The third kappa shape index (κ3) is 2.93. The molecule has 1 aliphatic heterocycles. The van der Waals surface area contributed by atoms with Gasteiger partial charge in [-0.1, -0.05) is 13.0 Å². The number of hydrogen-bond donors (Lipinski definition) is 1. The molecule has 6 heteroatoms. The Kier molecular flexibility index (Phi) is 4.60. The zero-order valence-electron chi connectivity index (χ0n) is 13.3. The Labute approximate surface area is 127 Å². The van der Waals surface area contributed by atoms with Gasteiger partial charge in [-0.15, -0.1) is 0 Å². The fraction of sp³-hybridized carbons (Fsp3) is 0.600. The van der Waals surface area contributed by atoms with Crippen LogP contribution in [-0.2, 0) is 10.0 Å². The van der Waals surface area contributed by atoms with Crippen molar-refractivity contribution in [1.82, 2.24) is 9.21 Å². The molecule has 1 aromatic rings. The van der Waals surface area contributed by atoms with Crippen LogP contribution in [0.1, 0.15) is 25.0 Å². The highest BCUT2D eigenvalue weighted by molar-refractivity contribution is 7.89. The minimum Gasteiger partial charge on any atom is -0.398 e. The smallest absolute Gasteiger partial charge is 0.243 e. The quantitative estimate of drug-likeness (QED) is 0.861. The number of nitrogens with zero attached hydrogens (tertiary/aromatic N) is 2. The van der Waals surface area contributed by atoms with E-state index in [4.69, 9.17) is 5.73 Å². The molecule has 0 amide bonds. The second-order valence-electron chi connectivity index (χ2n) is 5.77. The Bertz CT molecular complexity index is 628. The second kappa shape index (κ2) is 5.94. The van der Waals surface area contributed by atoms with Crippen LogP contribution in [0.5, 0.6) is 0 Å². The number of sulfonamides is 1. The normalized spacial score (nSPS) is 21.6. The molecule has 2 rings (SSSR count). The Morgan fingerprint density at radius 3 is 2.52 bits per heavy atom. The van der Waals surface area contributed by atoms with Gasteiger partial charge in [0.05, 0.1) is 4.90 Å². The molecule has 0 aromatic heterocycles. The zero-order valence-corrected chi connectivity index (χ0v) is 14.1. The van der Waals surface area contributed by atoms with Crippen molar-refractivity contribution < 1.29 is 8.42 Å². The molecule has 5 nitrogen and oxygen atoms in total. The van der Waals surface area contributed by atoms with Gasteiger partial charge < -0.3 is 5.73 Å². The second-order valence-corrected chi connectivity index (χ2v) is 7.64. The van der Waals surface area contributed by atoms with Crippen LogP contribution in [0.2, 0.25) is 0 Å². The number of piperazine rings is 1. The fourth-order valence-corrected chi connectivity index (χ4v) is 4.99. The molecule has 0 spiro atoms. The molecule has 0 radical (unpaired) electrons. The van der Waals surface area contributed by atoms with Gasteiger partial charge in [-0.3, -0.25) is 4.90 Å². The summed E-state index contributed by atoms with van der Waals surface area (Å²) >= 11 is 0. The number of nitrogen functional groups attached to an aromatic ring is 1. The summed E-state index contributed by atoms with van der Waals surface area (Å²) in [6.45, 7) is 10.6. The third-order valence-electron chi connectivity index (χ3n) is 4.38. The van der Waals surface area contributed by atoms with Gasteiger partial charge in [0, 0.05) is 31.4 Å². The van der Waals surface area contributed by atoms with E-state index in [0.29, 0.717) is 29.2 Å². The average Bonchev–Trinajstić information content (AvgIpc) is 2.43. The van der Waals surface area contributed by atoms with Gasteiger partial charge in [-0.25, -0.2) is 8.42 Å². The third-order valence-corrected chi connectivity index (χ3v) is 6.53. The van der Waals surface area contributed by atoms with Crippen LogP contribution in [0, 0.1) is 13.8 Å². The summed E-state index contributed by atoms with van der Waals surface area (Å²) in [7, 11) is -3.48. The van der Waals surface area contributed by atoms with E-state index in [1.807, 2.05) is 6.92 Å². The molecule has 1 fully saturated rings. The summed E-state index contributed by atoms with van der Waals surface area (Å²) in [6, 6.07) is 3.78. The van der Waals surface area contributed by atoms with Crippen molar-refractivity contribution in [3.8, 4) is 0 Å². The van der Waals surface area contributed by atoms with Crippen LogP contribution < -0.4 is 5.73 Å². The molecule has 1 aliphatic rings. The van der Waals surface area contributed by atoms with Crippen molar-refractivity contribution in [2.75, 3.05) is 31.9 Å². The molecule has 1 heterocycles. The lowest BCUT2D eigenvalue weighted by molar-refractivity contribution is 0.135. The molecule has 118 valence electrons. The number of aryl methyl sites for hydroxylation is 1. The van der Waals surface area contributed by atoms with E-state index >= 15 is 0 Å². The minimum absolute atomic E-state index is 0.236. The van der Waals surface area contributed by atoms with E-state index in [1.165, 1.54) is 0 Å². The lowest BCUT2D eigenvalue weighted by Gasteiger charge is -2.38. The predicted octanol–water partition coefficient (Wildman–Crippen LogP) is 1.60. The van der Waals surface area contributed by atoms with Gasteiger partial charge in [-0.05, 0) is 44.5 Å². The maximum Gasteiger partial charge on any atom is 0.243 e. The van der Waals surface area contributed by atoms with Crippen molar-refractivity contribution in [3.63, 3.8) is 0 Å². The molecule has 2 N–H and O–H groups in total. The summed E-state index contributed by atoms with van der Waals surface area (Å²) in [4.78, 5) is 2.67. The van der Waals surface area contributed by atoms with Crippen molar-refractivity contribution >= 4 is 15.7 Å². The summed E-state index contributed by atoms with van der Waals surface area (Å²) < 4.78 is 27.5. The number of nitrogens with two attached hydrogens (primary N) is 1. The van der Waals surface area contributed by atoms with Crippen molar-refractivity contribution in [1.29, 1.82) is 0 Å². The molecule has 1 saturated heterocycles. The van der Waals surface area contributed by atoms with Crippen LogP contribution in [0.15, 0.2) is 17.0 Å². The van der Waals surface area contributed by atoms with Crippen LogP contribution in [0.3, 0.4) is 0 Å². The molecule has 1 unspecified atom stereocenters. The van der Waals surface area contributed by atoms with Gasteiger partial charge in [0.15, 0.2) is 0 Å². The fourth-order valence-electron chi connectivity index (χ4n) is 3.02. The first kappa shape index (κ1) is 16.3. The van der Waals surface area contributed by atoms with Crippen LogP contribution >= 0.6 is 0 Å². The number of hydrogen-bond acceptors (Lipinski definition) is 4. The van der Waals surface area contributed by atoms with Crippen molar-refractivity contribution in [2.45, 2.75) is 38.6 Å². The summed E-state index contributed by atoms with van der Waals surface area (Å²) in [6.07, 6.45) is 0. The largest absolute Gasteiger partial charge is 0.398 e. The topological polar surface area (TPSA) is 66.6 Å². The van der Waals surface area contributed by atoms with Gasteiger partial charge in [0.25, 0.3) is 0 Å². The molecule has 21 heavy (non-hydrogen) atoms. The van der Waals surface area contributed by atoms with E-state index in [0.717, 1.165) is 18.7 Å².